The summed E-state index contributed by atoms with van der Waals surface area (Å²) < 4.78 is 2.44. The molecular weight excluding hydrogens is 677 g/mol. The first-order valence-electron chi connectivity index (χ1n) is 18.1. The van der Waals surface area contributed by atoms with Gasteiger partial charge in [0.05, 0.1) is 16.7 Å². The Kier molecular flexibility index (Phi) is 7.07. The molecule has 2 aromatic heterocycles. The quantitative estimate of drug-likeness (QED) is 0.179. The number of para-hydroxylation sites is 1. The minimum atomic E-state index is 0.655. The lowest BCUT2D eigenvalue weighted by Gasteiger charge is -2.23. The van der Waals surface area contributed by atoms with Crippen LogP contribution in [0.2, 0.25) is 0 Å². The maximum atomic E-state index is 5.04. The third-order valence-electron chi connectivity index (χ3n) is 10.4. The SMILES string of the molecule is c1ccc(-c2ccc3c(c2)c2ccccc2n3-c2ccc3c4c(cccc24)-c2cc(-c4nc(-c5ccccc5)nc(-c5ccccc5)n4)ccc2S3)cc1. The van der Waals surface area contributed by atoms with Crippen LogP contribution >= 0.6 is 11.8 Å². The van der Waals surface area contributed by atoms with E-state index in [1.807, 2.05) is 72.4 Å². The monoisotopic (exact) mass is 706 g/mol. The fourth-order valence-electron chi connectivity index (χ4n) is 7.93. The Hall–Kier alpha value is -6.82. The molecule has 252 valence electrons. The van der Waals surface area contributed by atoms with Gasteiger partial charge in [-0.1, -0.05) is 151 Å². The lowest BCUT2D eigenvalue weighted by Crippen LogP contribution is -2.01. The van der Waals surface area contributed by atoms with Crippen molar-refractivity contribution in [3.05, 3.63) is 182 Å². The van der Waals surface area contributed by atoms with E-state index in [0.29, 0.717) is 17.5 Å². The summed E-state index contributed by atoms with van der Waals surface area (Å²) in [6, 6.07) is 64.5. The first-order chi connectivity index (χ1) is 26.8. The van der Waals surface area contributed by atoms with Gasteiger partial charge in [0, 0.05) is 48.0 Å². The summed E-state index contributed by atoms with van der Waals surface area (Å²) in [5.41, 5.74) is 11.3. The highest BCUT2D eigenvalue weighted by Gasteiger charge is 2.24. The molecule has 0 aliphatic carbocycles. The largest absolute Gasteiger partial charge is 0.309 e. The molecule has 0 fully saturated rings. The molecule has 10 aromatic rings. The van der Waals surface area contributed by atoms with Crippen molar-refractivity contribution in [2.24, 2.45) is 0 Å². The normalized spacial score (nSPS) is 12.0. The van der Waals surface area contributed by atoms with Crippen molar-refractivity contribution in [3.63, 3.8) is 0 Å². The van der Waals surface area contributed by atoms with E-state index in [4.69, 9.17) is 15.0 Å². The molecule has 0 bridgehead atoms. The van der Waals surface area contributed by atoms with Crippen LogP contribution in [-0.4, -0.2) is 19.5 Å². The van der Waals surface area contributed by atoms with E-state index >= 15 is 0 Å². The van der Waals surface area contributed by atoms with Crippen LogP contribution in [0.4, 0.5) is 0 Å². The van der Waals surface area contributed by atoms with E-state index in [2.05, 4.69) is 126 Å². The second-order valence-electron chi connectivity index (χ2n) is 13.6. The zero-order chi connectivity index (χ0) is 35.6. The van der Waals surface area contributed by atoms with Gasteiger partial charge < -0.3 is 4.57 Å². The van der Waals surface area contributed by atoms with E-state index < -0.39 is 0 Å². The number of rotatable bonds is 5. The van der Waals surface area contributed by atoms with Gasteiger partial charge in [0.25, 0.3) is 0 Å². The summed E-state index contributed by atoms with van der Waals surface area (Å²) in [6.45, 7) is 0. The molecule has 0 amide bonds. The molecular formula is C49H30N4S. The molecule has 54 heavy (non-hydrogen) atoms. The van der Waals surface area contributed by atoms with Crippen LogP contribution in [0.3, 0.4) is 0 Å². The summed E-state index contributed by atoms with van der Waals surface area (Å²) in [5, 5.41) is 4.99. The van der Waals surface area contributed by atoms with E-state index in [9.17, 15) is 0 Å². The van der Waals surface area contributed by atoms with Crippen molar-refractivity contribution in [2.75, 3.05) is 0 Å². The molecule has 0 saturated heterocycles. The van der Waals surface area contributed by atoms with Crippen LogP contribution < -0.4 is 0 Å². The number of nitrogens with zero attached hydrogens (tertiary/aromatic N) is 4. The lowest BCUT2D eigenvalue weighted by atomic mass is 9.95. The molecule has 1 aliphatic heterocycles. The zero-order valence-electron chi connectivity index (χ0n) is 29.0. The van der Waals surface area contributed by atoms with E-state index in [1.165, 1.54) is 70.3 Å². The van der Waals surface area contributed by atoms with Gasteiger partial charge in [-0.15, -0.1) is 0 Å². The van der Waals surface area contributed by atoms with Gasteiger partial charge in [0.15, 0.2) is 17.5 Å². The standard InChI is InChI=1S/C49H30N4S/c1-4-13-31(14-5-1)34-23-25-43-39(29-34)36-19-10-11-22-41(36)53(43)42-26-28-45-46-37(20-12-21-38(42)46)40-30-35(24-27-44(40)54-45)49-51-47(32-15-6-2-7-16-32)50-48(52-49)33-17-8-3-9-18-33/h1-30H. The molecule has 3 heterocycles. The van der Waals surface area contributed by atoms with Crippen molar-refractivity contribution in [1.82, 2.24) is 19.5 Å². The zero-order valence-corrected chi connectivity index (χ0v) is 29.8. The first-order valence-corrected chi connectivity index (χ1v) is 18.9. The highest BCUT2D eigenvalue weighted by atomic mass is 32.2. The van der Waals surface area contributed by atoms with Crippen LogP contribution in [0, 0.1) is 0 Å². The summed E-state index contributed by atoms with van der Waals surface area (Å²) >= 11 is 1.83. The Morgan fingerprint density at radius 3 is 1.65 bits per heavy atom. The van der Waals surface area contributed by atoms with Gasteiger partial charge in [-0.25, -0.2) is 15.0 Å². The van der Waals surface area contributed by atoms with E-state index in [-0.39, 0.29) is 0 Å². The highest BCUT2D eigenvalue weighted by molar-refractivity contribution is 7.99. The number of fused-ring (bicyclic) bond motifs is 5. The molecule has 0 spiro atoms. The molecule has 5 heteroatoms. The fraction of sp³-hybridized carbons (Fsp3) is 0. The molecule has 0 saturated carbocycles. The van der Waals surface area contributed by atoms with Gasteiger partial charge in [-0.2, -0.15) is 0 Å². The first kappa shape index (κ1) is 30.8. The second-order valence-corrected chi connectivity index (χ2v) is 14.7. The van der Waals surface area contributed by atoms with Crippen LogP contribution in [0.1, 0.15) is 0 Å². The van der Waals surface area contributed by atoms with Crippen LogP contribution in [-0.2, 0) is 0 Å². The van der Waals surface area contributed by atoms with Gasteiger partial charge in [0.2, 0.25) is 0 Å². The van der Waals surface area contributed by atoms with E-state index in [0.717, 1.165) is 16.7 Å². The molecule has 4 nitrogen and oxygen atoms in total. The van der Waals surface area contributed by atoms with E-state index in [1.54, 1.807) is 0 Å². The number of benzene rings is 8. The van der Waals surface area contributed by atoms with Gasteiger partial charge >= 0.3 is 0 Å². The minimum Gasteiger partial charge on any atom is -0.309 e. The minimum absolute atomic E-state index is 0.655. The summed E-state index contributed by atoms with van der Waals surface area (Å²) in [7, 11) is 0. The summed E-state index contributed by atoms with van der Waals surface area (Å²) in [6.07, 6.45) is 0. The maximum absolute atomic E-state index is 5.04. The van der Waals surface area contributed by atoms with Crippen LogP contribution in [0.15, 0.2) is 192 Å². The average Bonchev–Trinajstić information content (AvgIpc) is 3.58. The predicted molar refractivity (Wildman–Crippen MR) is 223 cm³/mol. The molecule has 11 rings (SSSR count). The topological polar surface area (TPSA) is 43.6 Å². The van der Waals surface area contributed by atoms with Crippen molar-refractivity contribution < 1.29 is 0 Å². The summed E-state index contributed by atoms with van der Waals surface area (Å²) in [5.74, 6) is 1.97. The molecule has 0 atom stereocenters. The molecule has 0 radical (unpaired) electrons. The Morgan fingerprint density at radius 1 is 0.352 bits per heavy atom. The van der Waals surface area contributed by atoms with Gasteiger partial charge in [-0.05, 0) is 64.7 Å². The van der Waals surface area contributed by atoms with Crippen molar-refractivity contribution in [1.29, 1.82) is 0 Å². The van der Waals surface area contributed by atoms with Crippen molar-refractivity contribution in [3.8, 4) is 62.1 Å². The van der Waals surface area contributed by atoms with Gasteiger partial charge in [-0.3, -0.25) is 0 Å². The summed E-state index contributed by atoms with van der Waals surface area (Å²) in [4.78, 5) is 17.5. The van der Waals surface area contributed by atoms with Crippen molar-refractivity contribution in [2.45, 2.75) is 9.79 Å². The Balaban J connectivity index is 1.09. The smallest absolute Gasteiger partial charge is 0.164 e. The van der Waals surface area contributed by atoms with Crippen LogP contribution in [0.25, 0.3) is 94.7 Å². The highest BCUT2D eigenvalue weighted by Crippen LogP contribution is 2.50. The third kappa shape index (κ3) is 4.97. The predicted octanol–water partition coefficient (Wildman–Crippen LogP) is 12.9. The lowest BCUT2D eigenvalue weighted by molar-refractivity contribution is 1.07. The molecule has 8 aromatic carbocycles. The fourth-order valence-corrected chi connectivity index (χ4v) is 9.04. The Bertz CT molecular complexity index is 3010. The third-order valence-corrected chi connectivity index (χ3v) is 11.6. The number of hydrogen-bond acceptors (Lipinski definition) is 4. The molecule has 1 aliphatic rings. The second kappa shape index (κ2) is 12.4. The number of hydrogen-bond donors (Lipinski definition) is 0. The Morgan fingerprint density at radius 2 is 0.926 bits per heavy atom. The Labute approximate surface area is 316 Å². The average molecular weight is 707 g/mol. The van der Waals surface area contributed by atoms with Crippen molar-refractivity contribution >= 4 is 44.3 Å². The van der Waals surface area contributed by atoms with Gasteiger partial charge in [0.1, 0.15) is 0 Å². The molecule has 0 unspecified atom stereocenters. The number of aromatic nitrogens is 4. The van der Waals surface area contributed by atoms with Crippen LogP contribution in [0.5, 0.6) is 0 Å². The maximum Gasteiger partial charge on any atom is 0.164 e. The molecule has 0 N–H and O–H groups in total.